The van der Waals surface area contributed by atoms with Crippen LogP contribution in [0.5, 0.6) is 0 Å². The summed E-state index contributed by atoms with van der Waals surface area (Å²) in [4.78, 5) is 12.3. The number of nitrogens with zero attached hydrogens (tertiary/aromatic N) is 4. The quantitative estimate of drug-likeness (QED) is 0.312. The van der Waals surface area contributed by atoms with Crippen LogP contribution in [-0.2, 0) is 0 Å². The summed E-state index contributed by atoms with van der Waals surface area (Å²) in [5.74, 6) is 0. The normalized spacial score (nSPS) is 11.0. The van der Waals surface area contributed by atoms with Gasteiger partial charge in [0.25, 0.3) is 5.69 Å². The molecule has 2 rings (SSSR count). The van der Waals surface area contributed by atoms with Crippen molar-refractivity contribution in [3.05, 3.63) is 58.6 Å². The van der Waals surface area contributed by atoms with Crippen molar-refractivity contribution in [3.8, 4) is 0 Å². The third-order valence-corrected chi connectivity index (χ3v) is 3.78. The minimum Gasteiger partial charge on any atom is -0.396 e. The van der Waals surface area contributed by atoms with Crippen LogP contribution in [0.25, 0.3) is 0 Å². The number of aliphatic hydroxyl groups is 1. The third-order valence-electron chi connectivity index (χ3n) is 3.78. The van der Waals surface area contributed by atoms with Crippen molar-refractivity contribution in [2.24, 2.45) is 10.2 Å². The molecule has 0 heterocycles. The predicted octanol–water partition coefficient (Wildman–Crippen LogP) is 4.61. The lowest BCUT2D eigenvalue weighted by Crippen LogP contribution is -2.18. The van der Waals surface area contributed by atoms with Gasteiger partial charge < -0.3 is 10.0 Å². The van der Waals surface area contributed by atoms with Gasteiger partial charge in [-0.3, -0.25) is 10.1 Å². The number of azo groups is 1. The molecule has 0 spiro atoms. The lowest BCUT2D eigenvalue weighted by atomic mass is 10.2. The topological polar surface area (TPSA) is 91.3 Å². The summed E-state index contributed by atoms with van der Waals surface area (Å²) in [5.41, 5.74) is 2.41. The maximum Gasteiger partial charge on any atom is 0.269 e. The zero-order valence-electron chi connectivity index (χ0n) is 14.2. The Kier molecular flexibility index (Phi) is 7.03. The lowest BCUT2D eigenvalue weighted by molar-refractivity contribution is -0.384. The number of unbranched alkanes of at least 4 members (excludes halogenated alkanes) is 2. The molecule has 1 N–H and O–H groups in total. The Balaban J connectivity index is 1.91. The highest BCUT2D eigenvalue weighted by molar-refractivity contribution is 5.52. The Hall–Kier alpha value is -2.80. The summed E-state index contributed by atoms with van der Waals surface area (Å²) in [5, 5.41) is 27.6. The molecule has 0 bridgehead atoms. The summed E-state index contributed by atoms with van der Waals surface area (Å²) < 4.78 is 0. The Morgan fingerprint density at radius 2 is 1.52 bits per heavy atom. The number of nitro benzene ring substituents is 1. The molecule has 0 aliphatic heterocycles. The van der Waals surface area contributed by atoms with Gasteiger partial charge in [0.1, 0.15) is 0 Å². The summed E-state index contributed by atoms with van der Waals surface area (Å²) in [7, 11) is 2.03. The Bertz CT molecular complexity index is 699. The van der Waals surface area contributed by atoms with Gasteiger partial charge in [0.15, 0.2) is 0 Å². The highest BCUT2D eigenvalue weighted by Gasteiger charge is 2.03. The molecule has 2 aromatic carbocycles. The lowest BCUT2D eigenvalue weighted by Gasteiger charge is -2.19. The number of benzene rings is 2. The second-order valence-electron chi connectivity index (χ2n) is 5.70. The predicted molar refractivity (Wildman–Crippen MR) is 97.9 cm³/mol. The van der Waals surface area contributed by atoms with E-state index in [1.54, 1.807) is 12.1 Å². The molecular weight excluding hydrogens is 320 g/mol. The fraction of sp³-hybridized carbons (Fsp3) is 0.333. The van der Waals surface area contributed by atoms with Gasteiger partial charge in [-0.15, -0.1) is 0 Å². The smallest absolute Gasteiger partial charge is 0.269 e. The molecule has 0 saturated carbocycles. The summed E-state index contributed by atoms with van der Waals surface area (Å²) in [6, 6.07) is 13.7. The van der Waals surface area contributed by atoms with Crippen LogP contribution in [0.1, 0.15) is 19.3 Å². The van der Waals surface area contributed by atoms with E-state index in [9.17, 15) is 10.1 Å². The van der Waals surface area contributed by atoms with Crippen LogP contribution in [0, 0.1) is 10.1 Å². The van der Waals surface area contributed by atoms with Gasteiger partial charge in [0.2, 0.25) is 0 Å². The number of anilines is 1. The SMILES string of the molecule is CN(CCCCCO)c1ccc(N=Nc2ccc([N+](=O)[O-])cc2)cc1. The van der Waals surface area contributed by atoms with E-state index < -0.39 is 4.92 Å². The van der Waals surface area contributed by atoms with Crippen molar-refractivity contribution in [1.29, 1.82) is 0 Å². The van der Waals surface area contributed by atoms with Crippen molar-refractivity contribution in [2.75, 3.05) is 25.1 Å². The first-order valence-electron chi connectivity index (χ1n) is 8.18. The Morgan fingerprint density at radius 3 is 2.04 bits per heavy atom. The first kappa shape index (κ1) is 18.5. The number of aliphatic hydroxyl groups excluding tert-OH is 1. The van der Waals surface area contributed by atoms with Crippen molar-refractivity contribution >= 4 is 22.7 Å². The van der Waals surface area contributed by atoms with E-state index >= 15 is 0 Å². The molecule has 0 radical (unpaired) electrons. The van der Waals surface area contributed by atoms with Crippen molar-refractivity contribution in [3.63, 3.8) is 0 Å². The van der Waals surface area contributed by atoms with E-state index in [1.807, 2.05) is 31.3 Å². The molecule has 0 fully saturated rings. The average molecular weight is 342 g/mol. The number of rotatable bonds is 9. The van der Waals surface area contributed by atoms with Gasteiger partial charge in [0.05, 0.1) is 16.3 Å². The van der Waals surface area contributed by atoms with Gasteiger partial charge in [-0.1, -0.05) is 0 Å². The maximum atomic E-state index is 10.6. The van der Waals surface area contributed by atoms with Crippen LogP contribution in [-0.4, -0.2) is 30.2 Å². The van der Waals surface area contributed by atoms with E-state index in [2.05, 4.69) is 15.1 Å². The van der Waals surface area contributed by atoms with Gasteiger partial charge in [-0.25, -0.2) is 0 Å². The first-order chi connectivity index (χ1) is 12.1. The molecule has 0 unspecified atom stereocenters. The van der Waals surface area contributed by atoms with Crippen LogP contribution in [0.15, 0.2) is 58.8 Å². The minimum atomic E-state index is -0.444. The van der Waals surface area contributed by atoms with Crippen LogP contribution >= 0.6 is 0 Å². The van der Waals surface area contributed by atoms with E-state index in [0.717, 1.165) is 37.2 Å². The molecular formula is C18H22N4O3. The largest absolute Gasteiger partial charge is 0.396 e. The molecule has 0 atom stereocenters. The number of hydrogen-bond donors (Lipinski definition) is 1. The molecule has 0 saturated heterocycles. The summed E-state index contributed by atoms with van der Waals surface area (Å²) >= 11 is 0. The van der Waals surface area contributed by atoms with Crippen molar-refractivity contribution in [2.45, 2.75) is 19.3 Å². The second-order valence-corrected chi connectivity index (χ2v) is 5.70. The number of nitro groups is 1. The molecule has 0 amide bonds. The Morgan fingerprint density at radius 1 is 0.960 bits per heavy atom. The van der Waals surface area contributed by atoms with Gasteiger partial charge in [-0.2, -0.15) is 10.2 Å². The monoisotopic (exact) mass is 342 g/mol. The summed E-state index contributed by atoms with van der Waals surface area (Å²) in [6.07, 6.45) is 2.90. The zero-order chi connectivity index (χ0) is 18.1. The fourth-order valence-electron chi connectivity index (χ4n) is 2.30. The highest BCUT2D eigenvalue weighted by Crippen LogP contribution is 2.23. The van der Waals surface area contributed by atoms with Crippen LogP contribution in [0.4, 0.5) is 22.7 Å². The van der Waals surface area contributed by atoms with Gasteiger partial charge in [-0.05, 0) is 55.7 Å². The number of non-ortho nitro benzene ring substituents is 1. The van der Waals surface area contributed by atoms with Crippen LogP contribution < -0.4 is 4.90 Å². The molecule has 132 valence electrons. The molecule has 7 nitrogen and oxygen atoms in total. The van der Waals surface area contributed by atoms with E-state index in [1.165, 1.54) is 12.1 Å². The second kappa shape index (κ2) is 9.48. The molecule has 2 aromatic rings. The van der Waals surface area contributed by atoms with E-state index in [0.29, 0.717) is 5.69 Å². The molecule has 7 heteroatoms. The van der Waals surface area contributed by atoms with Crippen LogP contribution in [0.3, 0.4) is 0 Å². The third kappa shape index (κ3) is 5.96. The standard InChI is InChI=1S/C18H22N4O3/c1-21(13-3-2-4-14-23)17-9-5-15(6-10-17)19-20-16-7-11-18(12-8-16)22(24)25/h5-12,23H,2-4,13-14H2,1H3. The average Bonchev–Trinajstić information content (AvgIpc) is 2.64. The van der Waals surface area contributed by atoms with E-state index in [4.69, 9.17) is 5.11 Å². The van der Waals surface area contributed by atoms with Crippen LogP contribution in [0.2, 0.25) is 0 Å². The van der Waals surface area contributed by atoms with Crippen molar-refractivity contribution < 1.29 is 10.0 Å². The Labute approximate surface area is 146 Å². The maximum absolute atomic E-state index is 10.6. The van der Waals surface area contributed by atoms with E-state index in [-0.39, 0.29) is 12.3 Å². The minimum absolute atomic E-state index is 0.0327. The van der Waals surface area contributed by atoms with Crippen molar-refractivity contribution in [1.82, 2.24) is 0 Å². The van der Waals surface area contributed by atoms with Gasteiger partial charge >= 0.3 is 0 Å². The highest BCUT2D eigenvalue weighted by atomic mass is 16.6. The molecule has 25 heavy (non-hydrogen) atoms. The number of hydrogen-bond acceptors (Lipinski definition) is 6. The first-order valence-corrected chi connectivity index (χ1v) is 8.18. The molecule has 0 aliphatic carbocycles. The summed E-state index contributed by atoms with van der Waals surface area (Å²) in [6.45, 7) is 1.18. The van der Waals surface area contributed by atoms with Gasteiger partial charge in [0, 0.05) is 38.0 Å². The molecule has 0 aromatic heterocycles. The fourth-order valence-corrected chi connectivity index (χ4v) is 2.30. The molecule has 0 aliphatic rings. The zero-order valence-corrected chi connectivity index (χ0v) is 14.2.